The first kappa shape index (κ1) is 21.8. The Morgan fingerprint density at radius 3 is 1.91 bits per heavy atom. The number of benzene rings is 3. The number of nitrogens with zero attached hydrogens (tertiary/aromatic N) is 2. The van der Waals surface area contributed by atoms with E-state index in [9.17, 15) is 9.59 Å². The van der Waals surface area contributed by atoms with Crippen LogP contribution in [0.5, 0.6) is 17.2 Å². The van der Waals surface area contributed by atoms with Gasteiger partial charge in [-0.2, -0.15) is 0 Å². The van der Waals surface area contributed by atoms with Crippen LogP contribution in [0.15, 0.2) is 72.8 Å². The number of ether oxygens (including phenoxy) is 3. The second-order valence-electron chi connectivity index (χ2n) is 7.93. The van der Waals surface area contributed by atoms with E-state index >= 15 is 0 Å². The van der Waals surface area contributed by atoms with E-state index in [2.05, 4.69) is 0 Å². The van der Waals surface area contributed by atoms with E-state index in [-0.39, 0.29) is 5.91 Å². The van der Waals surface area contributed by atoms with Gasteiger partial charge in [-0.3, -0.25) is 14.4 Å². The van der Waals surface area contributed by atoms with E-state index in [1.165, 1.54) is 19.1 Å². The maximum Gasteiger partial charge on any atom is 0.266 e. The number of amides is 2. The lowest BCUT2D eigenvalue weighted by Crippen LogP contribution is -2.37. The van der Waals surface area contributed by atoms with Gasteiger partial charge in [0.1, 0.15) is 12.0 Å². The summed E-state index contributed by atoms with van der Waals surface area (Å²) in [6, 6.07) is 21.2. The monoisotopic (exact) mass is 460 g/mol. The van der Waals surface area contributed by atoms with E-state index < -0.39 is 24.0 Å². The highest BCUT2D eigenvalue weighted by molar-refractivity contribution is 6.23. The number of fused-ring (bicyclic) bond motifs is 1. The number of anilines is 2. The number of methoxy groups -OCH3 is 3. The van der Waals surface area contributed by atoms with Crippen molar-refractivity contribution < 1.29 is 28.6 Å². The fourth-order valence-electron chi connectivity index (χ4n) is 4.72. The lowest BCUT2D eigenvalue weighted by Gasteiger charge is -2.30. The average Bonchev–Trinajstić information content (AvgIpc) is 3.39. The van der Waals surface area contributed by atoms with Crippen LogP contribution in [0.4, 0.5) is 11.4 Å². The van der Waals surface area contributed by atoms with Crippen molar-refractivity contribution in [3.63, 3.8) is 0 Å². The normalized spacial score (nSPS) is 21.6. The summed E-state index contributed by atoms with van der Waals surface area (Å²) < 4.78 is 16.7. The van der Waals surface area contributed by atoms with E-state index in [0.29, 0.717) is 34.2 Å². The largest absolute Gasteiger partial charge is 0.493 e. The van der Waals surface area contributed by atoms with Gasteiger partial charge in [-0.15, -0.1) is 0 Å². The molecule has 0 saturated carbocycles. The Balaban J connectivity index is 1.67. The number of para-hydroxylation sites is 2. The zero-order chi connectivity index (χ0) is 23.8. The quantitative estimate of drug-likeness (QED) is 0.519. The minimum Gasteiger partial charge on any atom is -0.493 e. The molecule has 3 aromatic carbocycles. The van der Waals surface area contributed by atoms with Crippen LogP contribution >= 0.6 is 0 Å². The summed E-state index contributed by atoms with van der Waals surface area (Å²) in [5.41, 5.74) is 1.87. The molecule has 2 fully saturated rings. The number of hydrogen-bond donors (Lipinski definition) is 0. The van der Waals surface area contributed by atoms with Crippen LogP contribution in [0, 0.1) is 5.92 Å². The molecule has 3 aromatic rings. The van der Waals surface area contributed by atoms with Gasteiger partial charge in [-0.25, -0.2) is 9.96 Å². The van der Waals surface area contributed by atoms with Crippen molar-refractivity contribution in [2.75, 3.05) is 31.3 Å². The second-order valence-corrected chi connectivity index (χ2v) is 7.93. The molecule has 0 spiro atoms. The van der Waals surface area contributed by atoms with Crippen molar-refractivity contribution >= 4 is 23.2 Å². The van der Waals surface area contributed by atoms with E-state index in [1.54, 1.807) is 42.5 Å². The summed E-state index contributed by atoms with van der Waals surface area (Å²) in [5, 5.41) is 1.62. The van der Waals surface area contributed by atoms with Crippen molar-refractivity contribution in [3.8, 4) is 17.2 Å². The second kappa shape index (κ2) is 8.72. The standard InChI is InChI=1S/C26H24N2O6/c1-31-19-15-14-18(22(32-2)23(19)33-3)21-20-24(34-28(21)17-12-8-5-9-13-17)26(30)27(25(20)29)16-10-6-4-7-11-16/h4-15,20-21,24H,1-3H3/t20-,21+,24-/m0/s1. The van der Waals surface area contributed by atoms with Crippen molar-refractivity contribution in [1.29, 1.82) is 0 Å². The maximum absolute atomic E-state index is 13.7. The fraction of sp³-hybridized carbons (Fsp3) is 0.231. The van der Waals surface area contributed by atoms with Crippen molar-refractivity contribution in [3.05, 3.63) is 78.4 Å². The smallest absolute Gasteiger partial charge is 0.266 e. The SMILES string of the molecule is COc1ccc([C@@H]2[C@@H]3C(=O)N(c4ccccc4)C(=O)[C@H]3ON2c2ccccc2)c(OC)c1OC. The molecule has 8 heteroatoms. The molecular weight excluding hydrogens is 436 g/mol. The highest BCUT2D eigenvalue weighted by Gasteiger charge is 2.61. The van der Waals surface area contributed by atoms with Crippen LogP contribution in [-0.4, -0.2) is 39.2 Å². The molecule has 2 heterocycles. The van der Waals surface area contributed by atoms with Crippen LogP contribution < -0.4 is 24.2 Å². The fourth-order valence-corrected chi connectivity index (χ4v) is 4.72. The molecule has 0 bridgehead atoms. The summed E-state index contributed by atoms with van der Waals surface area (Å²) in [7, 11) is 4.59. The van der Waals surface area contributed by atoms with Gasteiger partial charge in [-0.05, 0) is 36.4 Å². The molecule has 0 N–H and O–H groups in total. The molecule has 34 heavy (non-hydrogen) atoms. The van der Waals surface area contributed by atoms with E-state index in [0.717, 1.165) is 0 Å². The first-order valence-electron chi connectivity index (χ1n) is 10.8. The Labute approximate surface area is 197 Å². The molecule has 0 aromatic heterocycles. The third-order valence-electron chi connectivity index (χ3n) is 6.19. The van der Waals surface area contributed by atoms with Gasteiger partial charge in [0.15, 0.2) is 17.6 Å². The Morgan fingerprint density at radius 2 is 1.32 bits per heavy atom. The third kappa shape index (κ3) is 3.26. The molecule has 2 aliphatic heterocycles. The van der Waals surface area contributed by atoms with Gasteiger partial charge in [0.05, 0.1) is 32.7 Å². The summed E-state index contributed by atoms with van der Waals surface area (Å²) in [4.78, 5) is 34.5. The molecular formula is C26H24N2O6. The topological polar surface area (TPSA) is 77.5 Å². The van der Waals surface area contributed by atoms with E-state index in [1.807, 2.05) is 42.5 Å². The number of carbonyl (C=O) groups excluding carboxylic acids is 2. The predicted octanol–water partition coefficient (Wildman–Crippen LogP) is 3.76. The molecule has 5 rings (SSSR count). The van der Waals surface area contributed by atoms with Crippen LogP contribution in [0.3, 0.4) is 0 Å². The minimum atomic E-state index is -0.976. The van der Waals surface area contributed by atoms with E-state index in [4.69, 9.17) is 19.0 Å². The van der Waals surface area contributed by atoms with Gasteiger partial charge in [0.2, 0.25) is 11.7 Å². The molecule has 0 aliphatic carbocycles. The van der Waals surface area contributed by atoms with Gasteiger partial charge in [-0.1, -0.05) is 36.4 Å². The summed E-state index contributed by atoms with van der Waals surface area (Å²) in [5.74, 6) is -0.221. The first-order valence-corrected chi connectivity index (χ1v) is 10.8. The van der Waals surface area contributed by atoms with Gasteiger partial charge in [0.25, 0.3) is 5.91 Å². The first-order chi connectivity index (χ1) is 16.6. The van der Waals surface area contributed by atoms with Crippen LogP contribution in [0.1, 0.15) is 11.6 Å². The molecule has 2 aliphatic rings. The maximum atomic E-state index is 13.7. The van der Waals surface area contributed by atoms with Crippen LogP contribution in [0.25, 0.3) is 0 Å². The van der Waals surface area contributed by atoms with Crippen molar-refractivity contribution in [2.45, 2.75) is 12.1 Å². The van der Waals surface area contributed by atoms with Crippen molar-refractivity contribution in [2.24, 2.45) is 5.92 Å². The zero-order valence-electron chi connectivity index (χ0n) is 19.0. The number of rotatable bonds is 6. The number of carbonyl (C=O) groups is 2. The molecule has 174 valence electrons. The number of hydroxylamine groups is 1. The van der Waals surface area contributed by atoms with Crippen molar-refractivity contribution in [1.82, 2.24) is 0 Å². The molecule has 8 nitrogen and oxygen atoms in total. The predicted molar refractivity (Wildman–Crippen MR) is 125 cm³/mol. The molecule has 0 radical (unpaired) electrons. The third-order valence-corrected chi connectivity index (χ3v) is 6.19. The summed E-state index contributed by atoms with van der Waals surface area (Å²) >= 11 is 0. The van der Waals surface area contributed by atoms with Crippen LogP contribution in [-0.2, 0) is 14.4 Å². The highest BCUT2D eigenvalue weighted by atomic mass is 16.7. The number of imide groups is 1. The number of hydrogen-bond acceptors (Lipinski definition) is 7. The Hall–Kier alpha value is -4.04. The van der Waals surface area contributed by atoms with Gasteiger partial charge in [0, 0.05) is 5.56 Å². The molecule has 2 amide bonds. The average molecular weight is 460 g/mol. The molecule has 3 atom stereocenters. The summed E-state index contributed by atoms with van der Waals surface area (Å²) in [6.45, 7) is 0. The van der Waals surface area contributed by atoms with Gasteiger partial charge >= 0.3 is 0 Å². The Bertz CT molecular complexity index is 1220. The Morgan fingerprint density at radius 1 is 0.706 bits per heavy atom. The molecule has 2 saturated heterocycles. The lowest BCUT2D eigenvalue weighted by atomic mass is 9.89. The molecule has 0 unspecified atom stereocenters. The van der Waals surface area contributed by atoms with Crippen LogP contribution in [0.2, 0.25) is 0 Å². The van der Waals surface area contributed by atoms with Gasteiger partial charge < -0.3 is 14.2 Å². The lowest BCUT2D eigenvalue weighted by molar-refractivity contribution is -0.126. The zero-order valence-corrected chi connectivity index (χ0v) is 19.0. The summed E-state index contributed by atoms with van der Waals surface area (Å²) in [6.07, 6.45) is -0.976. The highest BCUT2D eigenvalue weighted by Crippen LogP contribution is 2.52. The minimum absolute atomic E-state index is 0.332. The Kier molecular flexibility index (Phi) is 5.59.